The Hall–Kier alpha value is -0.930. The van der Waals surface area contributed by atoms with Crippen LogP contribution in [0, 0.1) is 0 Å². The highest BCUT2D eigenvalue weighted by Gasteiger charge is 2.35. The van der Waals surface area contributed by atoms with Crippen molar-refractivity contribution in [3.8, 4) is 5.75 Å². The molecule has 0 bridgehead atoms. The molecule has 20 heavy (non-hydrogen) atoms. The lowest BCUT2D eigenvalue weighted by molar-refractivity contribution is -0.146. The maximum absolute atomic E-state index is 12.5. The number of carbonyl (C=O) groups is 1. The van der Waals surface area contributed by atoms with E-state index in [1.54, 1.807) is 32.0 Å². The summed E-state index contributed by atoms with van der Waals surface area (Å²) in [5, 5.41) is 0.986. The molecule has 0 atom stereocenters. The average molecular weight is 316 g/mol. The summed E-state index contributed by atoms with van der Waals surface area (Å²) in [6, 6.07) is 4.99. The summed E-state index contributed by atoms with van der Waals surface area (Å²) >= 11 is 12.0. The fourth-order valence-corrected chi connectivity index (χ4v) is 2.67. The predicted molar refractivity (Wildman–Crippen MR) is 81.6 cm³/mol. The lowest BCUT2D eigenvalue weighted by atomic mass is 10.0. The number of likely N-dealkylation sites (tertiary alicyclic amines) is 1. The van der Waals surface area contributed by atoms with Crippen LogP contribution >= 0.6 is 23.2 Å². The molecule has 0 spiro atoms. The molecule has 0 saturated carbocycles. The number of amides is 1. The van der Waals surface area contributed by atoms with Crippen molar-refractivity contribution in [3.63, 3.8) is 0 Å². The van der Waals surface area contributed by atoms with Crippen LogP contribution < -0.4 is 4.74 Å². The van der Waals surface area contributed by atoms with Gasteiger partial charge in [0, 0.05) is 24.2 Å². The second-order valence-corrected chi connectivity index (χ2v) is 6.38. The summed E-state index contributed by atoms with van der Waals surface area (Å²) < 4.78 is 5.82. The van der Waals surface area contributed by atoms with Gasteiger partial charge in [0.15, 0.2) is 5.60 Å². The SMILES string of the molecule is CC(C)(Oc1cc(Cl)ccc1Cl)C(=O)N1CCCCC1. The quantitative estimate of drug-likeness (QED) is 0.838. The molecular weight excluding hydrogens is 297 g/mol. The highest BCUT2D eigenvalue weighted by molar-refractivity contribution is 6.34. The van der Waals surface area contributed by atoms with Crippen molar-refractivity contribution < 1.29 is 9.53 Å². The minimum absolute atomic E-state index is 0.00626. The molecule has 1 heterocycles. The Kier molecular flexibility index (Phi) is 4.82. The highest BCUT2D eigenvalue weighted by atomic mass is 35.5. The summed E-state index contributed by atoms with van der Waals surface area (Å²) in [4.78, 5) is 14.4. The summed E-state index contributed by atoms with van der Waals surface area (Å²) in [6.07, 6.45) is 3.30. The molecule has 0 aliphatic carbocycles. The second kappa shape index (κ2) is 6.23. The molecule has 3 nitrogen and oxygen atoms in total. The monoisotopic (exact) mass is 315 g/mol. The highest BCUT2D eigenvalue weighted by Crippen LogP contribution is 2.31. The number of halogens is 2. The maximum Gasteiger partial charge on any atom is 0.266 e. The van der Waals surface area contributed by atoms with Crippen molar-refractivity contribution in [2.24, 2.45) is 0 Å². The van der Waals surface area contributed by atoms with E-state index in [-0.39, 0.29) is 5.91 Å². The molecule has 5 heteroatoms. The van der Waals surface area contributed by atoms with Crippen molar-refractivity contribution in [2.75, 3.05) is 13.1 Å². The number of benzene rings is 1. The molecule has 1 aromatic carbocycles. The Morgan fingerprint density at radius 2 is 1.85 bits per heavy atom. The number of piperidine rings is 1. The van der Waals surface area contributed by atoms with Crippen LogP contribution in [0.25, 0.3) is 0 Å². The Morgan fingerprint density at radius 3 is 2.50 bits per heavy atom. The first-order valence-electron chi connectivity index (χ1n) is 6.83. The van der Waals surface area contributed by atoms with Gasteiger partial charge in [-0.2, -0.15) is 0 Å². The first-order valence-corrected chi connectivity index (χ1v) is 7.59. The van der Waals surface area contributed by atoms with E-state index in [0.717, 1.165) is 25.9 Å². The van der Waals surface area contributed by atoms with Gasteiger partial charge in [-0.15, -0.1) is 0 Å². The van der Waals surface area contributed by atoms with Crippen molar-refractivity contribution >= 4 is 29.1 Å². The fraction of sp³-hybridized carbons (Fsp3) is 0.533. The van der Waals surface area contributed by atoms with Crippen LogP contribution in [0.1, 0.15) is 33.1 Å². The van der Waals surface area contributed by atoms with Gasteiger partial charge in [-0.05, 0) is 45.2 Å². The normalized spacial score (nSPS) is 16.1. The number of hydrogen-bond acceptors (Lipinski definition) is 2. The van der Waals surface area contributed by atoms with Crippen molar-refractivity contribution in [3.05, 3.63) is 28.2 Å². The minimum Gasteiger partial charge on any atom is -0.476 e. The second-order valence-electron chi connectivity index (χ2n) is 5.54. The summed E-state index contributed by atoms with van der Waals surface area (Å²) in [6.45, 7) is 5.13. The number of ether oxygens (including phenoxy) is 1. The van der Waals surface area contributed by atoms with Crippen LogP contribution in [-0.2, 0) is 4.79 Å². The number of nitrogens with zero attached hydrogens (tertiary/aromatic N) is 1. The molecular formula is C15H19Cl2NO2. The Balaban J connectivity index is 2.13. The number of rotatable bonds is 3. The topological polar surface area (TPSA) is 29.5 Å². The van der Waals surface area contributed by atoms with E-state index in [1.807, 2.05) is 4.90 Å². The smallest absolute Gasteiger partial charge is 0.266 e. The van der Waals surface area contributed by atoms with E-state index in [4.69, 9.17) is 27.9 Å². The lowest BCUT2D eigenvalue weighted by Crippen LogP contribution is -2.50. The largest absolute Gasteiger partial charge is 0.476 e. The van der Waals surface area contributed by atoms with E-state index in [9.17, 15) is 4.79 Å². The van der Waals surface area contributed by atoms with E-state index in [0.29, 0.717) is 15.8 Å². The number of carbonyl (C=O) groups excluding carboxylic acids is 1. The van der Waals surface area contributed by atoms with Crippen LogP contribution in [0.3, 0.4) is 0 Å². The van der Waals surface area contributed by atoms with E-state index >= 15 is 0 Å². The van der Waals surface area contributed by atoms with Crippen LogP contribution in [0.15, 0.2) is 18.2 Å². The maximum atomic E-state index is 12.5. The zero-order valence-electron chi connectivity index (χ0n) is 11.8. The van der Waals surface area contributed by atoms with Crippen molar-refractivity contribution in [1.82, 2.24) is 4.90 Å². The van der Waals surface area contributed by atoms with Gasteiger partial charge >= 0.3 is 0 Å². The number of hydrogen-bond donors (Lipinski definition) is 0. The molecule has 1 aromatic rings. The summed E-state index contributed by atoms with van der Waals surface area (Å²) in [5.74, 6) is 0.433. The predicted octanol–water partition coefficient (Wildman–Crippen LogP) is 4.16. The molecule has 0 N–H and O–H groups in total. The third-order valence-electron chi connectivity index (χ3n) is 3.42. The molecule has 0 radical (unpaired) electrons. The van der Waals surface area contributed by atoms with E-state index in [2.05, 4.69) is 0 Å². The van der Waals surface area contributed by atoms with E-state index in [1.165, 1.54) is 6.42 Å². The zero-order chi connectivity index (χ0) is 14.8. The minimum atomic E-state index is -0.953. The van der Waals surface area contributed by atoms with Gasteiger partial charge in [0.1, 0.15) is 5.75 Å². The average Bonchev–Trinajstić information content (AvgIpc) is 2.43. The van der Waals surface area contributed by atoms with Crippen LogP contribution in [0.2, 0.25) is 10.0 Å². The molecule has 1 saturated heterocycles. The first-order chi connectivity index (χ1) is 9.40. The fourth-order valence-electron chi connectivity index (χ4n) is 2.35. The molecule has 0 unspecified atom stereocenters. The molecule has 1 amide bonds. The Bertz CT molecular complexity index is 497. The molecule has 1 aliphatic heterocycles. The van der Waals surface area contributed by atoms with Gasteiger partial charge in [-0.1, -0.05) is 23.2 Å². The zero-order valence-corrected chi connectivity index (χ0v) is 13.3. The molecule has 1 aliphatic rings. The summed E-state index contributed by atoms with van der Waals surface area (Å²) in [7, 11) is 0. The van der Waals surface area contributed by atoms with Crippen LogP contribution in [-0.4, -0.2) is 29.5 Å². The van der Waals surface area contributed by atoms with Crippen molar-refractivity contribution in [1.29, 1.82) is 0 Å². The van der Waals surface area contributed by atoms with E-state index < -0.39 is 5.60 Å². The van der Waals surface area contributed by atoms with Crippen LogP contribution in [0.4, 0.5) is 0 Å². The van der Waals surface area contributed by atoms with Gasteiger partial charge in [0.05, 0.1) is 5.02 Å². The molecule has 2 rings (SSSR count). The van der Waals surface area contributed by atoms with Gasteiger partial charge in [-0.25, -0.2) is 0 Å². The standard InChI is InChI=1S/C15H19Cl2NO2/c1-15(2,14(19)18-8-4-3-5-9-18)20-13-10-11(16)6-7-12(13)17/h6-7,10H,3-5,8-9H2,1-2H3. The van der Waals surface area contributed by atoms with Gasteiger partial charge in [0.2, 0.25) is 0 Å². The lowest BCUT2D eigenvalue weighted by Gasteiger charge is -2.34. The van der Waals surface area contributed by atoms with Crippen molar-refractivity contribution in [2.45, 2.75) is 38.7 Å². The Morgan fingerprint density at radius 1 is 1.20 bits per heavy atom. The Labute approximate surface area is 129 Å². The molecule has 110 valence electrons. The molecule has 0 aromatic heterocycles. The molecule has 1 fully saturated rings. The van der Waals surface area contributed by atoms with Gasteiger partial charge in [-0.3, -0.25) is 4.79 Å². The third kappa shape index (κ3) is 3.58. The third-order valence-corrected chi connectivity index (χ3v) is 3.96. The van der Waals surface area contributed by atoms with Gasteiger partial charge in [0.25, 0.3) is 5.91 Å². The van der Waals surface area contributed by atoms with Gasteiger partial charge < -0.3 is 9.64 Å². The van der Waals surface area contributed by atoms with Crippen LogP contribution in [0.5, 0.6) is 5.75 Å². The first kappa shape index (κ1) is 15.5. The summed E-state index contributed by atoms with van der Waals surface area (Å²) in [5.41, 5.74) is -0.953.